The Morgan fingerprint density at radius 1 is 1.06 bits per heavy atom. The van der Waals surface area contributed by atoms with Crippen LogP contribution >= 0.6 is 0 Å². The number of aromatic amines is 1. The lowest BCUT2D eigenvalue weighted by Crippen LogP contribution is -2.13. The van der Waals surface area contributed by atoms with Crippen molar-refractivity contribution in [2.45, 2.75) is 13.8 Å². The number of anilines is 1. The van der Waals surface area contributed by atoms with Gasteiger partial charge in [-0.25, -0.2) is 14.4 Å². The van der Waals surface area contributed by atoms with E-state index in [0.717, 1.165) is 23.0 Å². The molecule has 4 rings (SSSR count). The summed E-state index contributed by atoms with van der Waals surface area (Å²) in [7, 11) is 0. The third kappa shape index (κ3) is 4.90. The van der Waals surface area contributed by atoms with Gasteiger partial charge in [-0.15, -0.1) is 0 Å². The summed E-state index contributed by atoms with van der Waals surface area (Å²) in [6, 6.07) is 11.7. The van der Waals surface area contributed by atoms with Crippen LogP contribution < -0.4 is 5.32 Å². The number of imidazole rings is 1. The van der Waals surface area contributed by atoms with Crippen molar-refractivity contribution in [2.24, 2.45) is 0 Å². The highest BCUT2D eigenvalue weighted by molar-refractivity contribution is 6.04. The van der Waals surface area contributed by atoms with Crippen LogP contribution in [-0.2, 0) is 0 Å². The highest BCUT2D eigenvalue weighted by Crippen LogP contribution is 2.32. The summed E-state index contributed by atoms with van der Waals surface area (Å²) in [6.07, 6.45) is 7.56. The second-order valence-electron chi connectivity index (χ2n) is 7.41. The van der Waals surface area contributed by atoms with Gasteiger partial charge in [0.25, 0.3) is 5.91 Å². The monoisotopic (exact) mass is 440 g/mol. The molecule has 33 heavy (non-hydrogen) atoms. The van der Waals surface area contributed by atoms with Crippen LogP contribution in [0.1, 0.15) is 27.4 Å². The fourth-order valence-corrected chi connectivity index (χ4v) is 3.35. The molecular formula is C25H21FN6O. The Bertz CT molecular complexity index is 1380. The van der Waals surface area contributed by atoms with E-state index in [-0.39, 0.29) is 11.7 Å². The first-order valence-electron chi connectivity index (χ1n) is 10.2. The van der Waals surface area contributed by atoms with Crippen LogP contribution in [0.15, 0.2) is 60.9 Å². The van der Waals surface area contributed by atoms with Gasteiger partial charge in [-0.3, -0.25) is 9.78 Å². The molecule has 164 valence electrons. The molecule has 0 saturated carbocycles. The number of hydrogen-bond donors (Lipinski definition) is 3. The lowest BCUT2D eigenvalue weighted by molar-refractivity contribution is 0.102. The van der Waals surface area contributed by atoms with Gasteiger partial charge in [-0.2, -0.15) is 0 Å². The van der Waals surface area contributed by atoms with Gasteiger partial charge in [-0.1, -0.05) is 0 Å². The minimum absolute atomic E-state index is 0.292. The Kier molecular flexibility index (Phi) is 6.17. The number of aryl methyl sites for hydroxylation is 2. The average Bonchev–Trinajstić information content (AvgIpc) is 3.24. The van der Waals surface area contributed by atoms with E-state index in [1.807, 2.05) is 6.92 Å². The molecule has 3 heterocycles. The SMILES string of the molecule is Cc1cc(C(=O)Nc2cc(-c3[nH]c(/C=C\C=N)nc3-c3ccc(F)c(C)c3)ccn2)ccn1. The number of halogens is 1. The number of benzene rings is 1. The van der Waals surface area contributed by atoms with E-state index in [1.165, 1.54) is 6.07 Å². The van der Waals surface area contributed by atoms with Crippen LogP contribution in [0.4, 0.5) is 10.2 Å². The van der Waals surface area contributed by atoms with E-state index in [4.69, 9.17) is 5.41 Å². The van der Waals surface area contributed by atoms with Gasteiger partial charge < -0.3 is 15.7 Å². The summed E-state index contributed by atoms with van der Waals surface area (Å²) in [5, 5.41) is 10.0. The van der Waals surface area contributed by atoms with Crippen LogP contribution in [-0.4, -0.2) is 32.1 Å². The highest BCUT2D eigenvalue weighted by Gasteiger charge is 2.16. The molecule has 4 aromatic rings. The molecular weight excluding hydrogens is 419 g/mol. The van der Waals surface area contributed by atoms with Gasteiger partial charge in [0.1, 0.15) is 17.5 Å². The smallest absolute Gasteiger partial charge is 0.256 e. The molecule has 1 aromatic carbocycles. The van der Waals surface area contributed by atoms with E-state index in [2.05, 4.69) is 25.3 Å². The molecule has 3 N–H and O–H groups in total. The van der Waals surface area contributed by atoms with Gasteiger partial charge >= 0.3 is 0 Å². The largest absolute Gasteiger partial charge is 0.338 e. The highest BCUT2D eigenvalue weighted by atomic mass is 19.1. The zero-order chi connectivity index (χ0) is 23.4. The summed E-state index contributed by atoms with van der Waals surface area (Å²) in [5.74, 6) is 0.332. The first-order chi connectivity index (χ1) is 15.9. The third-order valence-corrected chi connectivity index (χ3v) is 4.95. The molecule has 0 aliphatic heterocycles. The first kappa shape index (κ1) is 21.8. The van der Waals surface area contributed by atoms with Crippen molar-refractivity contribution in [1.29, 1.82) is 5.41 Å². The van der Waals surface area contributed by atoms with Crippen LogP contribution in [0.5, 0.6) is 0 Å². The summed E-state index contributed by atoms with van der Waals surface area (Å²) in [5.41, 5.74) is 4.52. The Morgan fingerprint density at radius 2 is 1.88 bits per heavy atom. The van der Waals surface area contributed by atoms with Gasteiger partial charge in [0.05, 0.1) is 11.4 Å². The molecule has 0 fully saturated rings. The van der Waals surface area contributed by atoms with E-state index in [1.54, 1.807) is 67.9 Å². The summed E-state index contributed by atoms with van der Waals surface area (Å²) < 4.78 is 13.8. The van der Waals surface area contributed by atoms with Crippen molar-refractivity contribution in [3.8, 4) is 22.5 Å². The van der Waals surface area contributed by atoms with E-state index < -0.39 is 0 Å². The molecule has 8 heteroatoms. The maximum absolute atomic E-state index is 13.8. The van der Waals surface area contributed by atoms with E-state index >= 15 is 0 Å². The molecule has 0 aliphatic carbocycles. The van der Waals surface area contributed by atoms with Crippen LogP contribution in [0.2, 0.25) is 0 Å². The number of nitrogens with one attached hydrogen (secondary N) is 3. The van der Waals surface area contributed by atoms with Crippen molar-refractivity contribution in [3.05, 3.63) is 89.4 Å². The van der Waals surface area contributed by atoms with Crippen molar-refractivity contribution < 1.29 is 9.18 Å². The minimum Gasteiger partial charge on any atom is -0.338 e. The Hall–Kier alpha value is -4.46. The number of carbonyl (C=O) groups is 1. The number of amides is 1. The van der Waals surface area contributed by atoms with Crippen LogP contribution in [0.25, 0.3) is 28.6 Å². The number of rotatable bonds is 6. The quantitative estimate of drug-likeness (QED) is 0.358. The number of nitrogens with zero attached hydrogens (tertiary/aromatic N) is 3. The minimum atomic E-state index is -0.293. The fourth-order valence-electron chi connectivity index (χ4n) is 3.35. The lowest BCUT2D eigenvalue weighted by atomic mass is 10.0. The number of allylic oxidation sites excluding steroid dienone is 1. The van der Waals surface area contributed by atoms with Crippen LogP contribution in [0.3, 0.4) is 0 Å². The second-order valence-corrected chi connectivity index (χ2v) is 7.41. The molecule has 0 aliphatic rings. The molecule has 7 nitrogen and oxygen atoms in total. The Morgan fingerprint density at radius 3 is 2.64 bits per heavy atom. The number of carbonyl (C=O) groups excluding carboxylic acids is 1. The van der Waals surface area contributed by atoms with E-state index in [0.29, 0.717) is 34.2 Å². The topological polar surface area (TPSA) is 107 Å². The Balaban J connectivity index is 1.73. The third-order valence-electron chi connectivity index (χ3n) is 4.95. The average molecular weight is 440 g/mol. The van der Waals surface area contributed by atoms with Gasteiger partial charge in [0.2, 0.25) is 0 Å². The van der Waals surface area contributed by atoms with Crippen molar-refractivity contribution >= 4 is 24.0 Å². The standard InChI is InChI=1S/C25H21FN6O/c1-15-12-17(5-6-20(15)26)23-24(31-21(30-23)4-3-9-27)18-7-11-29-22(14-18)32-25(33)19-8-10-28-16(2)13-19/h3-14,27H,1-2H3,(H,30,31)(H,29,32,33)/b4-3-,27-9?. The number of aromatic nitrogens is 4. The number of pyridine rings is 2. The maximum Gasteiger partial charge on any atom is 0.256 e. The van der Waals surface area contributed by atoms with Gasteiger partial charge in [-0.05, 0) is 74.0 Å². The zero-order valence-electron chi connectivity index (χ0n) is 18.1. The van der Waals surface area contributed by atoms with Crippen LogP contribution in [0, 0.1) is 25.1 Å². The summed E-state index contributed by atoms with van der Waals surface area (Å²) in [4.78, 5) is 28.9. The molecule has 0 spiro atoms. The second kappa shape index (κ2) is 9.35. The summed E-state index contributed by atoms with van der Waals surface area (Å²) >= 11 is 0. The van der Waals surface area contributed by atoms with Crippen molar-refractivity contribution in [1.82, 2.24) is 19.9 Å². The van der Waals surface area contributed by atoms with E-state index in [9.17, 15) is 9.18 Å². The predicted molar refractivity (Wildman–Crippen MR) is 127 cm³/mol. The van der Waals surface area contributed by atoms with Crippen molar-refractivity contribution in [3.63, 3.8) is 0 Å². The fraction of sp³-hybridized carbons (Fsp3) is 0.0800. The molecule has 1 amide bonds. The number of hydrogen-bond acceptors (Lipinski definition) is 5. The Labute approximate surface area is 190 Å². The zero-order valence-corrected chi connectivity index (χ0v) is 18.1. The number of H-pyrrole nitrogens is 1. The lowest BCUT2D eigenvalue weighted by Gasteiger charge is -2.08. The summed E-state index contributed by atoms with van der Waals surface area (Å²) in [6.45, 7) is 3.51. The maximum atomic E-state index is 13.8. The molecule has 0 radical (unpaired) electrons. The van der Waals surface area contributed by atoms with Gasteiger partial charge in [0, 0.05) is 41.0 Å². The molecule has 0 unspecified atom stereocenters. The molecule has 0 saturated heterocycles. The van der Waals surface area contributed by atoms with Crippen molar-refractivity contribution in [2.75, 3.05) is 5.32 Å². The molecule has 3 aromatic heterocycles. The molecule has 0 bridgehead atoms. The predicted octanol–water partition coefficient (Wildman–Crippen LogP) is 5.20. The molecule has 0 atom stereocenters. The van der Waals surface area contributed by atoms with Gasteiger partial charge in [0.15, 0.2) is 0 Å². The normalized spacial score (nSPS) is 11.0. The first-order valence-corrected chi connectivity index (χ1v) is 10.2.